The molecule has 3 aromatic heterocycles. The van der Waals surface area contributed by atoms with Crippen molar-refractivity contribution in [2.75, 3.05) is 18.5 Å². The van der Waals surface area contributed by atoms with Crippen molar-refractivity contribution in [1.82, 2.24) is 35.5 Å². The summed E-state index contributed by atoms with van der Waals surface area (Å²) < 4.78 is 43.2. The van der Waals surface area contributed by atoms with Crippen molar-refractivity contribution in [2.45, 2.75) is 38.6 Å². The number of aliphatic hydroxyl groups excluding tert-OH is 1. The van der Waals surface area contributed by atoms with E-state index < -0.39 is 12.3 Å². The van der Waals surface area contributed by atoms with Gasteiger partial charge in [0.05, 0.1) is 30.6 Å². The van der Waals surface area contributed by atoms with Crippen LogP contribution in [0.2, 0.25) is 0 Å². The van der Waals surface area contributed by atoms with E-state index in [1.54, 1.807) is 41.2 Å². The Hall–Kier alpha value is -4.92. The Morgan fingerprint density at radius 1 is 0.976 bits per heavy atom. The van der Waals surface area contributed by atoms with Gasteiger partial charge in [-0.05, 0) is 66.8 Å². The number of aliphatic hydroxyl groups is 1. The Labute approximate surface area is 238 Å². The minimum absolute atomic E-state index is 0.0803. The fourth-order valence-corrected chi connectivity index (χ4v) is 3.89. The van der Waals surface area contributed by atoms with Crippen molar-refractivity contribution < 1.29 is 32.6 Å². The van der Waals surface area contributed by atoms with Crippen LogP contribution in [0, 0.1) is 0 Å². The zero-order valence-electron chi connectivity index (χ0n) is 22.2. The molecular formula is C27H27F3N8O4. The molecule has 15 heteroatoms. The largest absolute Gasteiger partial charge is 0.573 e. The average Bonchev–Trinajstić information content (AvgIpc) is 3.43. The van der Waals surface area contributed by atoms with Gasteiger partial charge < -0.3 is 20.5 Å². The number of aromatic nitrogens is 6. The molecule has 0 saturated heterocycles. The van der Waals surface area contributed by atoms with Crippen LogP contribution in [0.4, 0.5) is 19.0 Å². The van der Waals surface area contributed by atoms with Gasteiger partial charge in [0, 0.05) is 19.3 Å². The van der Waals surface area contributed by atoms with Crippen LogP contribution in [0.1, 0.15) is 34.7 Å². The third-order valence-electron chi connectivity index (χ3n) is 5.79. The number of carbonyl (C=O) groups is 2. The molecule has 0 aliphatic rings. The smallest absolute Gasteiger partial charge is 0.406 e. The molecule has 12 nitrogen and oxygen atoms in total. The van der Waals surface area contributed by atoms with Crippen molar-refractivity contribution in [3.05, 3.63) is 78.0 Å². The van der Waals surface area contributed by atoms with Crippen LogP contribution in [-0.4, -0.2) is 66.6 Å². The number of pyridine rings is 1. The predicted octanol–water partition coefficient (Wildman–Crippen LogP) is 2.95. The molecule has 0 saturated carbocycles. The van der Waals surface area contributed by atoms with Crippen LogP contribution in [0.15, 0.2) is 60.9 Å². The van der Waals surface area contributed by atoms with Crippen molar-refractivity contribution in [3.8, 4) is 16.9 Å². The second-order valence-electron chi connectivity index (χ2n) is 9.05. The van der Waals surface area contributed by atoms with Crippen LogP contribution in [0.3, 0.4) is 0 Å². The Kier molecular flexibility index (Phi) is 10.1. The number of halogens is 3. The van der Waals surface area contributed by atoms with Gasteiger partial charge in [0.25, 0.3) is 5.91 Å². The topological polar surface area (TPSA) is 157 Å². The summed E-state index contributed by atoms with van der Waals surface area (Å²) in [5.41, 5.74) is 2.40. The lowest BCUT2D eigenvalue weighted by atomic mass is 10.1. The summed E-state index contributed by atoms with van der Waals surface area (Å²) in [7, 11) is 0. The average molecular weight is 585 g/mol. The Balaban J connectivity index is 1.23. The van der Waals surface area contributed by atoms with E-state index in [1.165, 1.54) is 24.4 Å². The third-order valence-corrected chi connectivity index (χ3v) is 5.79. The number of nitrogens with one attached hydrogen (secondary N) is 2. The highest BCUT2D eigenvalue weighted by Crippen LogP contribution is 2.28. The minimum atomic E-state index is -4.80. The number of alkyl halides is 3. The molecule has 42 heavy (non-hydrogen) atoms. The summed E-state index contributed by atoms with van der Waals surface area (Å²) in [6, 6.07) is 12.2. The maximum absolute atomic E-state index is 12.6. The molecule has 0 spiro atoms. The van der Waals surface area contributed by atoms with Gasteiger partial charge in [0.1, 0.15) is 5.75 Å². The number of hydrogen-bond donors (Lipinski definition) is 3. The van der Waals surface area contributed by atoms with Crippen LogP contribution >= 0.6 is 0 Å². The van der Waals surface area contributed by atoms with E-state index >= 15 is 0 Å². The van der Waals surface area contributed by atoms with E-state index in [9.17, 15) is 22.8 Å². The number of nitrogens with zero attached hydrogens (tertiary/aromatic N) is 6. The monoisotopic (exact) mass is 584 g/mol. The van der Waals surface area contributed by atoms with Gasteiger partial charge in [0.2, 0.25) is 5.91 Å². The maximum atomic E-state index is 12.6. The molecule has 220 valence electrons. The van der Waals surface area contributed by atoms with Crippen molar-refractivity contribution in [1.29, 1.82) is 0 Å². The summed E-state index contributed by atoms with van der Waals surface area (Å²) in [6.45, 7) is 0.547. The van der Waals surface area contributed by atoms with Gasteiger partial charge in [-0.1, -0.05) is 17.3 Å². The fraction of sp³-hybridized carbons (Fsp3) is 0.296. The summed E-state index contributed by atoms with van der Waals surface area (Å²) >= 11 is 0. The van der Waals surface area contributed by atoms with Crippen molar-refractivity contribution in [3.63, 3.8) is 0 Å². The highest BCUT2D eigenvalue weighted by molar-refractivity contribution is 5.92. The van der Waals surface area contributed by atoms with E-state index in [0.29, 0.717) is 29.8 Å². The number of anilines is 1. The summed E-state index contributed by atoms with van der Waals surface area (Å²) in [5.74, 6) is -0.852. The van der Waals surface area contributed by atoms with Crippen LogP contribution in [-0.2, 0) is 24.2 Å². The van der Waals surface area contributed by atoms with Gasteiger partial charge in [-0.3, -0.25) is 19.3 Å². The number of carbonyl (C=O) groups excluding carboxylic acids is 2. The summed E-state index contributed by atoms with van der Waals surface area (Å²) in [4.78, 5) is 28.5. The van der Waals surface area contributed by atoms with Gasteiger partial charge in [-0.2, -0.15) is 5.10 Å². The molecule has 3 N–H and O–H groups in total. The molecule has 0 aliphatic carbocycles. The molecule has 0 bridgehead atoms. The van der Waals surface area contributed by atoms with E-state index in [-0.39, 0.29) is 42.7 Å². The fourth-order valence-electron chi connectivity index (χ4n) is 3.89. The quantitative estimate of drug-likeness (QED) is 0.201. The highest BCUT2D eigenvalue weighted by atomic mass is 19.4. The highest BCUT2D eigenvalue weighted by Gasteiger charge is 2.31. The zero-order valence-corrected chi connectivity index (χ0v) is 22.2. The van der Waals surface area contributed by atoms with Gasteiger partial charge >= 0.3 is 6.36 Å². The number of rotatable bonds is 13. The molecule has 0 fully saturated rings. The normalized spacial score (nSPS) is 11.2. The number of ether oxygens (including phenoxy) is 1. The first-order valence-electron chi connectivity index (χ1n) is 12.9. The lowest BCUT2D eigenvalue weighted by Gasteiger charge is -2.10. The summed E-state index contributed by atoms with van der Waals surface area (Å²) in [5, 5.41) is 29.9. The molecule has 4 rings (SSSR count). The zero-order chi connectivity index (χ0) is 30.0. The van der Waals surface area contributed by atoms with Gasteiger partial charge in [-0.25, -0.2) is 0 Å². The lowest BCUT2D eigenvalue weighted by Crippen LogP contribution is -2.26. The molecular weight excluding hydrogens is 557 g/mol. The Morgan fingerprint density at radius 3 is 2.57 bits per heavy atom. The first-order chi connectivity index (χ1) is 20.2. The first kappa shape index (κ1) is 30.0. The van der Waals surface area contributed by atoms with Gasteiger partial charge in [0.15, 0.2) is 11.5 Å². The van der Waals surface area contributed by atoms with E-state index in [4.69, 9.17) is 5.11 Å². The maximum Gasteiger partial charge on any atom is 0.573 e. The molecule has 1 aromatic carbocycles. The van der Waals surface area contributed by atoms with E-state index in [1.807, 2.05) is 0 Å². The van der Waals surface area contributed by atoms with Crippen LogP contribution < -0.4 is 15.4 Å². The predicted molar refractivity (Wildman–Crippen MR) is 143 cm³/mol. The van der Waals surface area contributed by atoms with Gasteiger partial charge in [-0.15, -0.1) is 23.4 Å². The molecule has 0 atom stereocenters. The Bertz CT molecular complexity index is 1500. The number of amides is 2. The number of hydrogen-bond acceptors (Lipinski definition) is 9. The molecule has 0 aliphatic heterocycles. The number of benzene rings is 1. The van der Waals surface area contributed by atoms with Crippen LogP contribution in [0.25, 0.3) is 11.1 Å². The van der Waals surface area contributed by atoms with E-state index in [0.717, 1.165) is 18.5 Å². The second-order valence-corrected chi connectivity index (χ2v) is 9.05. The molecule has 0 unspecified atom stereocenters. The van der Waals surface area contributed by atoms with Crippen LogP contribution in [0.5, 0.6) is 5.75 Å². The molecule has 2 amide bonds. The molecule has 3 heterocycles. The first-order valence-corrected chi connectivity index (χ1v) is 12.9. The molecule has 0 radical (unpaired) electrons. The molecule has 4 aromatic rings. The summed E-state index contributed by atoms with van der Waals surface area (Å²) in [6.07, 6.45) is 0.317. The minimum Gasteiger partial charge on any atom is -0.406 e. The standard InChI is InChI=1S/C27H27F3N8O4/c28-27(29,30)42-22-6-3-4-18(15-22)19-9-10-31-21(14-19)16-25(40)33-24-8-7-20(34-36-24)5-1-2-12-38-17-23(35-37-38)26(41)32-11-13-39/h3-4,6-10,14-15,17,39H,1-2,5,11-13,16H2,(H,32,41)(H,33,36,40). The van der Waals surface area contributed by atoms with Crippen molar-refractivity contribution in [2.24, 2.45) is 0 Å². The second kappa shape index (κ2) is 14.1. The third kappa shape index (κ3) is 9.33. The van der Waals surface area contributed by atoms with E-state index in [2.05, 4.69) is 40.9 Å². The van der Waals surface area contributed by atoms with Crippen molar-refractivity contribution >= 4 is 17.6 Å². The lowest BCUT2D eigenvalue weighted by molar-refractivity contribution is -0.274. The SMILES string of the molecule is O=C(Cc1cc(-c2cccc(OC(F)(F)F)c2)ccn1)Nc1ccc(CCCCn2cc(C(=O)NCCO)nn2)nn1. The number of aryl methyl sites for hydroxylation is 2. The Morgan fingerprint density at radius 2 is 1.81 bits per heavy atom. The number of unbranched alkanes of at least 4 members (excludes halogenated alkanes) is 1.